The molecule has 0 aliphatic rings. The van der Waals surface area contributed by atoms with Gasteiger partial charge in [-0.25, -0.2) is 9.97 Å². The van der Waals surface area contributed by atoms with Crippen LogP contribution in [0.1, 0.15) is 5.82 Å². The second-order valence-corrected chi connectivity index (χ2v) is 3.17. The highest BCUT2D eigenvalue weighted by molar-refractivity contribution is 9.10. The summed E-state index contributed by atoms with van der Waals surface area (Å²) in [6.07, 6.45) is -4.27. The minimum Gasteiger partial charge on any atom is -0.383 e. The van der Waals surface area contributed by atoms with Crippen molar-refractivity contribution in [2.24, 2.45) is 0 Å². The van der Waals surface area contributed by atoms with Crippen LogP contribution in [0, 0.1) is 0 Å². The summed E-state index contributed by atoms with van der Waals surface area (Å²) in [4.78, 5) is 6.92. The number of hydrogen-bond donors (Lipinski definition) is 1. The largest absolute Gasteiger partial charge is 0.396 e. The van der Waals surface area contributed by atoms with Gasteiger partial charge in [-0.05, 0) is 15.9 Å². The molecule has 0 amide bonds. The van der Waals surface area contributed by atoms with Crippen molar-refractivity contribution in [1.82, 2.24) is 9.97 Å². The van der Waals surface area contributed by atoms with Crippen LogP contribution in [0.15, 0.2) is 10.7 Å². The summed E-state index contributed by atoms with van der Waals surface area (Å²) in [5, 5.41) is 0. The predicted molar refractivity (Wildman–Crippen MR) is 43.9 cm³/mol. The van der Waals surface area contributed by atoms with Crippen molar-refractivity contribution in [2.75, 3.05) is 5.73 Å². The fourth-order valence-electron chi connectivity index (χ4n) is 0.683. The maximum Gasteiger partial charge on any atom is 0.396 e. The van der Waals surface area contributed by atoms with Gasteiger partial charge in [-0.1, -0.05) is 0 Å². The average molecular weight is 256 g/mol. The highest BCUT2D eigenvalue weighted by atomic mass is 79.9. The first kappa shape index (κ1) is 10.2. The number of nitrogen functional groups attached to an aromatic ring is 1. The Morgan fingerprint density at radius 3 is 2.54 bits per heavy atom. The smallest absolute Gasteiger partial charge is 0.383 e. The van der Waals surface area contributed by atoms with E-state index >= 15 is 0 Å². The van der Waals surface area contributed by atoms with Gasteiger partial charge in [0.15, 0.2) is 0 Å². The van der Waals surface area contributed by atoms with Crippen LogP contribution < -0.4 is 5.73 Å². The Hall–Kier alpha value is -0.850. The van der Waals surface area contributed by atoms with Crippen molar-refractivity contribution >= 4 is 21.7 Å². The summed E-state index contributed by atoms with van der Waals surface area (Å²) in [5.41, 5.74) is 5.27. The lowest BCUT2D eigenvalue weighted by Crippen LogP contribution is -2.14. The summed E-state index contributed by atoms with van der Waals surface area (Å²) < 4.78 is 35.9. The van der Waals surface area contributed by atoms with E-state index in [-0.39, 0.29) is 11.6 Å². The van der Waals surface area contributed by atoms with Gasteiger partial charge in [-0.15, -0.1) is 0 Å². The highest BCUT2D eigenvalue weighted by Crippen LogP contribution is 2.21. The standard InChI is InChI=1S/C6H5BrF3N3/c7-3-2-12-4(13-5(3)11)1-6(8,9)10/h2H,1H2,(H2,11,12,13). The van der Waals surface area contributed by atoms with Crippen molar-refractivity contribution in [2.45, 2.75) is 12.6 Å². The predicted octanol–water partition coefficient (Wildman–Crippen LogP) is 1.93. The second kappa shape index (κ2) is 3.49. The Morgan fingerprint density at radius 1 is 1.46 bits per heavy atom. The number of hydrogen-bond acceptors (Lipinski definition) is 3. The number of halogens is 4. The third kappa shape index (κ3) is 3.17. The Bertz CT molecular complexity index is 312. The lowest BCUT2D eigenvalue weighted by Gasteiger charge is -2.05. The molecule has 0 radical (unpaired) electrons. The monoisotopic (exact) mass is 255 g/mol. The van der Waals surface area contributed by atoms with E-state index in [4.69, 9.17) is 5.73 Å². The van der Waals surface area contributed by atoms with E-state index < -0.39 is 12.6 Å². The van der Waals surface area contributed by atoms with E-state index in [0.717, 1.165) is 0 Å². The molecular weight excluding hydrogens is 251 g/mol. The lowest BCUT2D eigenvalue weighted by molar-refractivity contribution is -0.128. The molecule has 0 fully saturated rings. The Labute approximate surface area is 80.3 Å². The molecule has 1 aromatic heterocycles. The first-order valence-corrected chi connectivity index (χ1v) is 4.01. The van der Waals surface area contributed by atoms with Crippen molar-refractivity contribution in [3.63, 3.8) is 0 Å². The number of nitrogens with zero attached hydrogens (tertiary/aromatic N) is 2. The highest BCUT2D eigenvalue weighted by Gasteiger charge is 2.29. The van der Waals surface area contributed by atoms with E-state index in [1.165, 1.54) is 6.20 Å². The zero-order valence-corrected chi connectivity index (χ0v) is 7.85. The van der Waals surface area contributed by atoms with E-state index in [9.17, 15) is 13.2 Å². The van der Waals surface area contributed by atoms with Crippen LogP contribution in [-0.4, -0.2) is 16.1 Å². The molecule has 0 saturated carbocycles. The molecular formula is C6H5BrF3N3. The molecule has 0 atom stereocenters. The van der Waals surface area contributed by atoms with E-state index in [1.54, 1.807) is 0 Å². The number of anilines is 1. The van der Waals surface area contributed by atoms with Gasteiger partial charge in [0, 0.05) is 6.20 Å². The van der Waals surface area contributed by atoms with Gasteiger partial charge in [0.1, 0.15) is 18.1 Å². The third-order valence-electron chi connectivity index (χ3n) is 1.18. The third-order valence-corrected chi connectivity index (χ3v) is 1.79. The van der Waals surface area contributed by atoms with Crippen molar-refractivity contribution < 1.29 is 13.2 Å². The number of rotatable bonds is 1. The van der Waals surface area contributed by atoms with E-state index in [0.29, 0.717) is 4.47 Å². The molecule has 0 saturated heterocycles. The molecule has 0 bridgehead atoms. The minimum atomic E-state index is -4.31. The first-order chi connectivity index (χ1) is 5.88. The van der Waals surface area contributed by atoms with Crippen molar-refractivity contribution in [1.29, 1.82) is 0 Å². The molecule has 72 valence electrons. The van der Waals surface area contributed by atoms with Gasteiger partial charge in [0.05, 0.1) is 4.47 Å². The fourth-order valence-corrected chi connectivity index (χ4v) is 0.874. The maximum absolute atomic E-state index is 11.8. The zero-order valence-electron chi connectivity index (χ0n) is 6.27. The quantitative estimate of drug-likeness (QED) is 0.835. The van der Waals surface area contributed by atoms with E-state index in [2.05, 4.69) is 25.9 Å². The topological polar surface area (TPSA) is 51.8 Å². The SMILES string of the molecule is Nc1nc(CC(F)(F)F)ncc1Br. The summed E-state index contributed by atoms with van der Waals surface area (Å²) in [6, 6.07) is 0. The Morgan fingerprint density at radius 2 is 2.08 bits per heavy atom. The second-order valence-electron chi connectivity index (χ2n) is 2.31. The molecule has 0 spiro atoms. The van der Waals surface area contributed by atoms with Gasteiger partial charge in [0.25, 0.3) is 0 Å². The molecule has 7 heteroatoms. The number of nitrogens with two attached hydrogens (primary N) is 1. The average Bonchev–Trinajstić information content (AvgIpc) is 1.94. The molecule has 0 unspecified atom stereocenters. The maximum atomic E-state index is 11.8. The van der Waals surface area contributed by atoms with Crippen molar-refractivity contribution in [3.8, 4) is 0 Å². The molecule has 0 aromatic carbocycles. The molecule has 1 heterocycles. The number of aromatic nitrogens is 2. The van der Waals surface area contributed by atoms with E-state index in [1.807, 2.05) is 0 Å². The molecule has 13 heavy (non-hydrogen) atoms. The van der Waals surface area contributed by atoms with Crippen LogP contribution in [0.3, 0.4) is 0 Å². The summed E-state index contributed by atoms with van der Waals surface area (Å²) >= 11 is 2.98. The van der Waals surface area contributed by atoms with Gasteiger partial charge in [0.2, 0.25) is 0 Å². The lowest BCUT2D eigenvalue weighted by atomic mass is 10.4. The molecule has 1 rings (SSSR count). The molecule has 0 aliphatic carbocycles. The molecule has 2 N–H and O–H groups in total. The Balaban J connectivity index is 2.86. The molecule has 1 aromatic rings. The number of alkyl halides is 3. The van der Waals surface area contributed by atoms with Gasteiger partial charge >= 0.3 is 6.18 Å². The fraction of sp³-hybridized carbons (Fsp3) is 0.333. The zero-order chi connectivity index (χ0) is 10.1. The van der Waals surface area contributed by atoms with Gasteiger partial charge < -0.3 is 5.73 Å². The van der Waals surface area contributed by atoms with Gasteiger partial charge in [-0.2, -0.15) is 13.2 Å². The van der Waals surface area contributed by atoms with Gasteiger partial charge in [-0.3, -0.25) is 0 Å². The summed E-state index contributed by atoms with van der Waals surface area (Å²) in [5.74, 6) is -0.317. The summed E-state index contributed by atoms with van der Waals surface area (Å²) in [7, 11) is 0. The van der Waals surface area contributed by atoms with Crippen LogP contribution >= 0.6 is 15.9 Å². The van der Waals surface area contributed by atoms with Crippen LogP contribution in [0.5, 0.6) is 0 Å². The first-order valence-electron chi connectivity index (χ1n) is 3.22. The normalized spacial score (nSPS) is 11.7. The van der Waals surface area contributed by atoms with Crippen LogP contribution in [0.25, 0.3) is 0 Å². The molecule has 0 aliphatic heterocycles. The van der Waals surface area contributed by atoms with Crippen LogP contribution in [0.2, 0.25) is 0 Å². The van der Waals surface area contributed by atoms with Crippen molar-refractivity contribution in [3.05, 3.63) is 16.5 Å². The van der Waals surface area contributed by atoms with Crippen LogP contribution in [-0.2, 0) is 6.42 Å². The summed E-state index contributed by atoms with van der Waals surface area (Å²) in [6.45, 7) is 0. The molecule has 3 nitrogen and oxygen atoms in total. The van der Waals surface area contributed by atoms with Crippen LogP contribution in [0.4, 0.5) is 19.0 Å². The minimum absolute atomic E-state index is 0.00856. The Kier molecular flexibility index (Phi) is 2.74.